The van der Waals surface area contributed by atoms with Crippen LogP contribution in [0.5, 0.6) is 11.5 Å². The molecule has 2 heterocycles. The maximum atomic E-state index is 15.5. The van der Waals surface area contributed by atoms with Crippen molar-refractivity contribution in [1.82, 2.24) is 14.8 Å². The van der Waals surface area contributed by atoms with E-state index in [4.69, 9.17) is 20.6 Å². The molecular weight excluding hydrogens is 491 g/mol. The van der Waals surface area contributed by atoms with Crippen molar-refractivity contribution in [3.05, 3.63) is 86.0 Å². The van der Waals surface area contributed by atoms with Crippen LogP contribution in [0.25, 0.3) is 5.69 Å². The van der Waals surface area contributed by atoms with Gasteiger partial charge < -0.3 is 25.6 Å². The summed E-state index contributed by atoms with van der Waals surface area (Å²) in [5.41, 5.74) is 5.93. The largest absolute Gasteiger partial charge is 0.497 e. The second-order valence-corrected chi connectivity index (χ2v) is 8.38. The summed E-state index contributed by atoms with van der Waals surface area (Å²) in [7, 11) is 2.73. The van der Waals surface area contributed by atoms with E-state index in [1.54, 1.807) is 24.3 Å². The third-order valence-electron chi connectivity index (χ3n) is 5.29. The summed E-state index contributed by atoms with van der Waals surface area (Å²) in [5, 5.41) is 26.0. The number of nitrogens with one attached hydrogen (secondary N) is 3. The van der Waals surface area contributed by atoms with Crippen LogP contribution in [0.4, 0.5) is 10.1 Å². The van der Waals surface area contributed by atoms with Gasteiger partial charge in [0.2, 0.25) is 0 Å². The van der Waals surface area contributed by atoms with Crippen LogP contribution in [0, 0.1) is 11.2 Å². The Morgan fingerprint density at radius 2 is 1.97 bits per heavy atom. The third kappa shape index (κ3) is 4.63. The number of carboxylic acids is 1. The fourth-order valence-corrected chi connectivity index (χ4v) is 4.25. The Kier molecular flexibility index (Phi) is 6.74. The van der Waals surface area contributed by atoms with Crippen molar-refractivity contribution in [3.8, 4) is 17.2 Å². The quantitative estimate of drug-likeness (QED) is 0.168. The van der Waals surface area contributed by atoms with E-state index in [0.29, 0.717) is 17.0 Å². The lowest BCUT2D eigenvalue weighted by Gasteiger charge is -2.21. The first-order chi connectivity index (χ1) is 17.2. The molecule has 36 heavy (non-hydrogen) atoms. The van der Waals surface area contributed by atoms with E-state index >= 15 is 4.39 Å². The number of aromatic amines is 1. The van der Waals surface area contributed by atoms with Crippen molar-refractivity contribution < 1.29 is 23.8 Å². The third-order valence-corrected chi connectivity index (χ3v) is 6.18. The lowest BCUT2D eigenvalue weighted by atomic mass is 10.0. The van der Waals surface area contributed by atoms with E-state index in [0.717, 1.165) is 16.0 Å². The fourth-order valence-electron chi connectivity index (χ4n) is 3.54. The van der Waals surface area contributed by atoms with Crippen molar-refractivity contribution >= 4 is 28.8 Å². The molecular formula is C23H21FN6O5S. The van der Waals surface area contributed by atoms with E-state index in [-0.39, 0.29) is 33.5 Å². The number of hydrogen-bond acceptors (Lipinski definition) is 8. The number of halogens is 1. The number of hydrogen-bond donors (Lipinski definition) is 5. The van der Waals surface area contributed by atoms with Gasteiger partial charge in [-0.05, 0) is 41.8 Å². The number of carbonyl (C=O) groups is 1. The summed E-state index contributed by atoms with van der Waals surface area (Å²) in [6, 6.07) is 9.70. The van der Waals surface area contributed by atoms with Gasteiger partial charge >= 0.3 is 11.7 Å². The first-order valence-electron chi connectivity index (χ1n) is 10.4. The molecule has 2 aromatic heterocycles. The Labute approximate surface area is 207 Å². The van der Waals surface area contributed by atoms with E-state index in [1.807, 2.05) is 0 Å². The zero-order chi connectivity index (χ0) is 26.0. The first-order valence-corrected chi connectivity index (χ1v) is 11.2. The minimum atomic E-state index is -1.21. The Bertz CT molecular complexity index is 1490. The number of anilines is 1. The van der Waals surface area contributed by atoms with E-state index < -0.39 is 23.5 Å². The van der Waals surface area contributed by atoms with Crippen molar-refractivity contribution in [2.45, 2.75) is 6.04 Å². The van der Waals surface area contributed by atoms with Gasteiger partial charge in [-0.3, -0.25) is 10.4 Å². The maximum Gasteiger partial charge on any atom is 0.348 e. The van der Waals surface area contributed by atoms with Gasteiger partial charge in [-0.1, -0.05) is 0 Å². The van der Waals surface area contributed by atoms with Crippen molar-refractivity contribution in [2.75, 3.05) is 19.5 Å². The van der Waals surface area contributed by atoms with Crippen molar-refractivity contribution in [2.24, 2.45) is 5.73 Å². The van der Waals surface area contributed by atoms with Gasteiger partial charge in [0, 0.05) is 22.9 Å². The van der Waals surface area contributed by atoms with Crippen LogP contribution in [0.3, 0.4) is 0 Å². The summed E-state index contributed by atoms with van der Waals surface area (Å²) in [6.07, 6.45) is 0. The summed E-state index contributed by atoms with van der Waals surface area (Å²) >= 11 is 0.944. The van der Waals surface area contributed by atoms with Crippen molar-refractivity contribution in [3.63, 3.8) is 0 Å². The fraction of sp³-hybridized carbons (Fsp3) is 0.130. The predicted octanol–water partition coefficient (Wildman–Crippen LogP) is 2.96. The van der Waals surface area contributed by atoms with E-state index in [2.05, 4.69) is 15.4 Å². The molecule has 0 aliphatic carbocycles. The molecule has 0 spiro atoms. The Hall–Kier alpha value is -4.65. The molecule has 0 aliphatic heterocycles. The van der Waals surface area contributed by atoms with E-state index in [1.165, 1.54) is 37.8 Å². The maximum absolute atomic E-state index is 15.5. The lowest BCUT2D eigenvalue weighted by molar-refractivity contribution is 0.0702. The SMILES string of the molecule is COc1cc(OC)c(F)c([C@H](Nc2ccc(C(=N)N)cc2)c2nn(-c3ccsc3C(=O)O)c(=O)[nH]2)c1. The highest BCUT2D eigenvalue weighted by Crippen LogP contribution is 2.35. The summed E-state index contributed by atoms with van der Waals surface area (Å²) in [4.78, 5) is 26.9. The van der Waals surface area contributed by atoms with Crippen LogP contribution >= 0.6 is 11.3 Å². The molecule has 0 fully saturated rings. The molecule has 0 saturated heterocycles. The smallest absolute Gasteiger partial charge is 0.348 e. The highest BCUT2D eigenvalue weighted by atomic mass is 32.1. The average Bonchev–Trinajstić information content (AvgIpc) is 3.50. The molecule has 6 N–H and O–H groups in total. The second-order valence-electron chi connectivity index (χ2n) is 7.47. The van der Waals surface area contributed by atoms with Gasteiger partial charge in [0.1, 0.15) is 22.5 Å². The molecule has 13 heteroatoms. The van der Waals surface area contributed by atoms with Crippen LogP contribution < -0.4 is 26.2 Å². The number of thiophene rings is 1. The number of rotatable bonds is 9. The molecule has 0 saturated carbocycles. The molecule has 4 aromatic rings. The molecule has 0 radical (unpaired) electrons. The molecule has 0 bridgehead atoms. The van der Waals surface area contributed by atoms with Crippen LogP contribution in [-0.4, -0.2) is 45.9 Å². The van der Waals surface area contributed by atoms with Gasteiger partial charge in [0.25, 0.3) is 0 Å². The van der Waals surface area contributed by atoms with Gasteiger partial charge in [-0.15, -0.1) is 16.4 Å². The number of carboxylic acid groups (broad SMARTS) is 1. The molecule has 186 valence electrons. The second kappa shape index (κ2) is 9.92. The zero-order valence-corrected chi connectivity index (χ0v) is 19.9. The Morgan fingerprint density at radius 1 is 1.25 bits per heavy atom. The summed E-state index contributed by atoms with van der Waals surface area (Å²) in [5.74, 6) is -1.82. The standard InChI is InChI=1S/C23H21FN6O5S/c1-34-13-9-14(17(24)16(10-13)35-2)18(27-12-5-3-11(4-6-12)20(25)26)21-28-23(33)30(29-21)15-7-8-36-19(15)22(31)32/h3-10,18,27H,1-2H3,(H3,25,26)(H,31,32)(H,28,29,33)/t18-/m0/s1. The highest BCUT2D eigenvalue weighted by molar-refractivity contribution is 7.12. The molecule has 2 aromatic carbocycles. The number of methoxy groups -OCH3 is 2. The summed E-state index contributed by atoms with van der Waals surface area (Å²) < 4.78 is 26.8. The number of H-pyrrole nitrogens is 1. The van der Waals surface area contributed by atoms with Gasteiger partial charge in [0.05, 0.1) is 19.9 Å². The molecule has 0 unspecified atom stereocenters. The predicted molar refractivity (Wildman–Crippen MR) is 131 cm³/mol. The van der Waals surface area contributed by atoms with Crippen LogP contribution in [0.1, 0.15) is 32.7 Å². The molecule has 4 rings (SSSR count). The molecule has 0 aliphatic rings. The summed E-state index contributed by atoms with van der Waals surface area (Å²) in [6.45, 7) is 0. The number of amidine groups is 1. The molecule has 1 atom stereocenters. The average molecular weight is 513 g/mol. The number of aromatic carboxylic acids is 1. The number of benzene rings is 2. The monoisotopic (exact) mass is 512 g/mol. The van der Waals surface area contributed by atoms with Gasteiger partial charge in [-0.25, -0.2) is 14.0 Å². The van der Waals surface area contributed by atoms with Crippen LogP contribution in [-0.2, 0) is 0 Å². The van der Waals surface area contributed by atoms with Crippen LogP contribution in [0.15, 0.2) is 52.6 Å². The Balaban J connectivity index is 1.87. The zero-order valence-electron chi connectivity index (χ0n) is 19.0. The normalized spacial score (nSPS) is 11.6. The van der Waals surface area contributed by atoms with E-state index in [9.17, 15) is 14.7 Å². The van der Waals surface area contributed by atoms with Crippen molar-refractivity contribution in [1.29, 1.82) is 5.41 Å². The number of nitrogens with zero attached hydrogens (tertiary/aromatic N) is 2. The molecule has 0 amide bonds. The van der Waals surface area contributed by atoms with Gasteiger partial charge in [-0.2, -0.15) is 4.68 Å². The Morgan fingerprint density at radius 3 is 2.58 bits per heavy atom. The van der Waals surface area contributed by atoms with Crippen LogP contribution in [0.2, 0.25) is 0 Å². The number of ether oxygens (including phenoxy) is 2. The molecule has 11 nitrogen and oxygen atoms in total. The lowest BCUT2D eigenvalue weighted by Crippen LogP contribution is -2.17. The topological polar surface area (TPSA) is 168 Å². The van der Waals surface area contributed by atoms with Gasteiger partial charge in [0.15, 0.2) is 17.4 Å². The highest BCUT2D eigenvalue weighted by Gasteiger charge is 2.27. The number of aromatic nitrogens is 3. The number of nitrogens with two attached hydrogens (primary N) is 1. The number of nitrogen functional groups attached to an aromatic ring is 1. The minimum absolute atomic E-state index is 0.00684. The first kappa shape index (κ1) is 24.5. The minimum Gasteiger partial charge on any atom is -0.497 e.